The van der Waals surface area contributed by atoms with Crippen LogP contribution in [0.3, 0.4) is 0 Å². The molecule has 3 aliphatic rings. The maximum absolute atomic E-state index is 14.3. The van der Waals surface area contributed by atoms with Gasteiger partial charge in [0, 0.05) is 68.3 Å². The predicted octanol–water partition coefficient (Wildman–Crippen LogP) is 4.27. The number of aromatic nitrogens is 2. The minimum Gasteiger partial charge on any atom is -0.333 e. The summed E-state index contributed by atoms with van der Waals surface area (Å²) in [6.45, 7) is 8.65. The van der Waals surface area contributed by atoms with Crippen molar-refractivity contribution in [2.24, 2.45) is 0 Å². The zero-order valence-corrected chi connectivity index (χ0v) is 26.3. The molecule has 0 radical (unpaired) electrons. The van der Waals surface area contributed by atoms with Crippen LogP contribution >= 0.6 is 24.8 Å². The fourth-order valence-corrected chi connectivity index (χ4v) is 6.23. The molecule has 0 bridgehead atoms. The molecule has 13 heteroatoms. The second-order valence-electron chi connectivity index (χ2n) is 12.2. The lowest BCUT2D eigenvalue weighted by Gasteiger charge is -2.41. The molecule has 1 N–H and O–H groups in total. The number of hydrogen-bond acceptors (Lipinski definition) is 6. The van der Waals surface area contributed by atoms with E-state index in [1.54, 1.807) is 21.9 Å². The van der Waals surface area contributed by atoms with Crippen LogP contribution in [-0.4, -0.2) is 76.6 Å². The molecule has 0 aliphatic carbocycles. The van der Waals surface area contributed by atoms with Gasteiger partial charge in [0.1, 0.15) is 17.5 Å². The Balaban J connectivity index is 0.00000221. The van der Waals surface area contributed by atoms with Gasteiger partial charge in [0.15, 0.2) is 0 Å². The van der Waals surface area contributed by atoms with Gasteiger partial charge in [-0.15, -0.1) is 24.8 Å². The average molecular weight is 652 g/mol. The first-order chi connectivity index (χ1) is 20.0. The molecular formula is C31H35Cl2F3N6O2. The molecule has 1 saturated heterocycles. The van der Waals surface area contributed by atoms with Crippen molar-refractivity contribution in [3.8, 4) is 0 Å². The highest BCUT2D eigenvalue weighted by atomic mass is 35.5. The van der Waals surface area contributed by atoms with E-state index in [4.69, 9.17) is 0 Å². The molecule has 2 amide bonds. The van der Waals surface area contributed by atoms with Gasteiger partial charge in [-0.25, -0.2) is 13.2 Å². The molecule has 8 nitrogen and oxygen atoms in total. The van der Waals surface area contributed by atoms with Gasteiger partial charge in [-0.2, -0.15) is 10.2 Å². The van der Waals surface area contributed by atoms with Crippen molar-refractivity contribution >= 4 is 42.3 Å². The second kappa shape index (κ2) is 13.0. The van der Waals surface area contributed by atoms with E-state index in [0.717, 1.165) is 11.6 Å². The van der Waals surface area contributed by atoms with E-state index in [0.29, 0.717) is 60.9 Å². The molecule has 0 saturated carbocycles. The molecule has 1 aromatic heterocycles. The van der Waals surface area contributed by atoms with Crippen LogP contribution in [0.2, 0.25) is 0 Å². The van der Waals surface area contributed by atoms with Crippen LogP contribution in [0, 0.1) is 17.5 Å². The number of anilines is 1. The maximum atomic E-state index is 14.3. The predicted molar refractivity (Wildman–Crippen MR) is 165 cm³/mol. The Kier molecular flexibility index (Phi) is 9.94. The number of carbonyl (C=O) groups excluding carboxylic acids is 2. The van der Waals surface area contributed by atoms with Crippen LogP contribution in [0.5, 0.6) is 0 Å². The SMILES string of the molecule is C[C@@H]1CN(CC(=O)N2CC(C)(C)c3nnc(Cc4ccc(F)cc4F)cc32)[C@@H](CN2Cc3ccc(F)cc3C2=O)CN1.Cl.Cl. The Hall–Kier alpha value is -3.25. The highest BCUT2D eigenvalue weighted by Gasteiger charge is 2.42. The summed E-state index contributed by atoms with van der Waals surface area (Å²) in [6, 6.07) is 9.55. The summed E-state index contributed by atoms with van der Waals surface area (Å²) in [5, 5.41) is 12.2. The number of hydrogen-bond donors (Lipinski definition) is 1. The van der Waals surface area contributed by atoms with Crippen LogP contribution in [0.15, 0.2) is 42.5 Å². The van der Waals surface area contributed by atoms with E-state index in [1.165, 1.54) is 24.3 Å². The van der Waals surface area contributed by atoms with Crippen LogP contribution in [0.1, 0.15) is 53.6 Å². The Bertz CT molecular complexity index is 1580. The van der Waals surface area contributed by atoms with E-state index < -0.39 is 22.9 Å². The molecule has 0 unspecified atom stereocenters. The Morgan fingerprint density at radius 1 is 1.05 bits per heavy atom. The summed E-state index contributed by atoms with van der Waals surface area (Å²) in [7, 11) is 0. The normalized spacial score (nSPS) is 20.5. The quantitative estimate of drug-likeness (QED) is 0.429. The lowest BCUT2D eigenvalue weighted by Crippen LogP contribution is -2.60. The van der Waals surface area contributed by atoms with Gasteiger partial charge in [-0.05, 0) is 42.3 Å². The Labute approximate surface area is 266 Å². The number of benzene rings is 2. The van der Waals surface area contributed by atoms with Crippen molar-refractivity contribution in [2.45, 2.75) is 51.2 Å². The number of rotatable bonds is 6. The van der Waals surface area contributed by atoms with Gasteiger partial charge in [0.25, 0.3) is 5.91 Å². The van der Waals surface area contributed by atoms with Gasteiger partial charge in [-0.3, -0.25) is 14.5 Å². The van der Waals surface area contributed by atoms with Crippen LogP contribution < -0.4 is 10.2 Å². The minimum absolute atomic E-state index is 0. The molecule has 4 heterocycles. The summed E-state index contributed by atoms with van der Waals surface area (Å²) in [5.74, 6) is -2.05. The third-order valence-corrected chi connectivity index (χ3v) is 8.44. The standard InChI is InChI=1S/C31H33F3N6O2.2ClH/c1-18-13-38(24(12-35-18)15-39-14-20-5-7-21(32)9-25(20)30(39)42)16-28(41)40-17-31(2,3)29-27(40)11-23(36-37-29)8-19-4-6-22(33)10-26(19)34;;/h4-7,9-11,18,24,35H,8,12-17H2,1-3H3;2*1H/t18-,24-;;/m1../s1. The molecule has 1 fully saturated rings. The molecular weight excluding hydrogens is 616 g/mol. The van der Waals surface area contributed by atoms with Crippen molar-refractivity contribution in [2.75, 3.05) is 37.6 Å². The lowest BCUT2D eigenvalue weighted by molar-refractivity contribution is -0.120. The summed E-state index contributed by atoms with van der Waals surface area (Å²) in [5.41, 5.74) is 2.86. The molecule has 2 atom stereocenters. The van der Waals surface area contributed by atoms with Crippen molar-refractivity contribution < 1.29 is 22.8 Å². The third kappa shape index (κ3) is 6.56. The van der Waals surface area contributed by atoms with Crippen molar-refractivity contribution in [3.63, 3.8) is 0 Å². The topological polar surface area (TPSA) is 81.7 Å². The summed E-state index contributed by atoms with van der Waals surface area (Å²) < 4.78 is 41.5. The van der Waals surface area contributed by atoms with Gasteiger partial charge in [0.2, 0.25) is 5.91 Å². The molecule has 2 aromatic carbocycles. The Morgan fingerprint density at radius 3 is 2.52 bits per heavy atom. The van der Waals surface area contributed by atoms with Crippen molar-refractivity contribution in [1.29, 1.82) is 0 Å². The monoisotopic (exact) mass is 650 g/mol. The molecule has 236 valence electrons. The van der Waals surface area contributed by atoms with Crippen molar-refractivity contribution in [1.82, 2.24) is 25.3 Å². The number of nitrogens with one attached hydrogen (secondary N) is 1. The number of carbonyl (C=O) groups is 2. The largest absolute Gasteiger partial charge is 0.333 e. The van der Waals surface area contributed by atoms with Crippen molar-refractivity contribution in [3.05, 3.63) is 88.0 Å². The Morgan fingerprint density at radius 2 is 1.77 bits per heavy atom. The molecule has 44 heavy (non-hydrogen) atoms. The number of nitrogens with zero attached hydrogens (tertiary/aromatic N) is 5. The average Bonchev–Trinajstić information content (AvgIpc) is 3.39. The fourth-order valence-electron chi connectivity index (χ4n) is 6.23. The fraction of sp³-hybridized carbons (Fsp3) is 0.419. The first kappa shape index (κ1) is 33.6. The maximum Gasteiger partial charge on any atom is 0.254 e. The van der Waals surface area contributed by atoms with Gasteiger partial charge < -0.3 is 15.1 Å². The second-order valence-corrected chi connectivity index (χ2v) is 12.2. The minimum atomic E-state index is -0.658. The van der Waals surface area contributed by atoms with Crippen LogP contribution in [-0.2, 0) is 23.2 Å². The summed E-state index contributed by atoms with van der Waals surface area (Å²) >= 11 is 0. The van der Waals surface area contributed by atoms with E-state index in [1.807, 2.05) is 13.8 Å². The third-order valence-electron chi connectivity index (χ3n) is 8.44. The van der Waals surface area contributed by atoms with Gasteiger partial charge >= 0.3 is 0 Å². The first-order valence-electron chi connectivity index (χ1n) is 14.1. The van der Waals surface area contributed by atoms with E-state index in [9.17, 15) is 22.8 Å². The zero-order valence-electron chi connectivity index (χ0n) is 24.6. The smallest absolute Gasteiger partial charge is 0.254 e. The van der Waals surface area contributed by atoms with Gasteiger partial charge in [0.05, 0.1) is 23.6 Å². The van der Waals surface area contributed by atoms with E-state index in [2.05, 4.69) is 27.3 Å². The number of fused-ring (bicyclic) bond motifs is 2. The molecule has 3 aromatic rings. The highest BCUT2D eigenvalue weighted by molar-refractivity contribution is 5.98. The van der Waals surface area contributed by atoms with Crippen LogP contribution in [0.25, 0.3) is 0 Å². The summed E-state index contributed by atoms with van der Waals surface area (Å²) in [4.78, 5) is 32.5. The molecule has 0 spiro atoms. The summed E-state index contributed by atoms with van der Waals surface area (Å²) in [6.07, 6.45) is 0.113. The van der Waals surface area contributed by atoms with Crippen LogP contribution in [0.4, 0.5) is 18.9 Å². The van der Waals surface area contributed by atoms with Gasteiger partial charge in [-0.1, -0.05) is 26.0 Å². The van der Waals surface area contributed by atoms with E-state index >= 15 is 0 Å². The number of piperazine rings is 1. The van der Waals surface area contributed by atoms with E-state index in [-0.39, 0.29) is 61.7 Å². The number of amides is 2. The number of halogens is 5. The highest BCUT2D eigenvalue weighted by Crippen LogP contribution is 2.39. The lowest BCUT2D eigenvalue weighted by atomic mass is 9.91. The zero-order chi connectivity index (χ0) is 29.8. The first-order valence-corrected chi connectivity index (χ1v) is 14.1. The molecule has 3 aliphatic heterocycles. The molecule has 6 rings (SSSR count).